The van der Waals surface area contributed by atoms with Crippen molar-refractivity contribution in [2.24, 2.45) is 5.92 Å². The number of H-pyrrole nitrogens is 1. The van der Waals surface area contributed by atoms with Crippen molar-refractivity contribution < 1.29 is 45.9 Å². The van der Waals surface area contributed by atoms with Gasteiger partial charge in [-0.2, -0.15) is 8.78 Å². The number of aromatic amines is 1. The molecule has 0 bridgehead atoms. The summed E-state index contributed by atoms with van der Waals surface area (Å²) in [6, 6.07) is 4.01. The molecule has 2 unspecified atom stereocenters. The summed E-state index contributed by atoms with van der Waals surface area (Å²) in [4.78, 5) is 52.1. The van der Waals surface area contributed by atoms with Crippen LogP contribution in [0.4, 0.5) is 22.0 Å². The second-order valence-electron chi connectivity index (χ2n) is 8.76. The molecule has 0 aliphatic rings. The average molecular weight is 568 g/mol. The first kappa shape index (κ1) is 30.2. The zero-order valence-electron chi connectivity index (χ0n) is 21.1. The van der Waals surface area contributed by atoms with Gasteiger partial charge in [-0.15, -0.1) is 0 Å². The fraction of sp³-hybridized carbons (Fsp3) is 0.308. The SMILES string of the molecule is CNCCC(C=O)CC(NC(=O)CNC(=O)c1cc2c(F)cccc2[nH]1)C(=O)COc1c(F)c(F)cc(F)c1F. The summed E-state index contributed by atoms with van der Waals surface area (Å²) in [6.07, 6.45) is 0.589. The molecule has 3 aromatic rings. The fourth-order valence-electron chi connectivity index (χ4n) is 3.81. The van der Waals surface area contributed by atoms with Gasteiger partial charge >= 0.3 is 0 Å². The van der Waals surface area contributed by atoms with Gasteiger partial charge in [-0.1, -0.05) is 6.07 Å². The molecular formula is C26H25F5N4O5. The van der Waals surface area contributed by atoms with Crippen molar-refractivity contribution in [2.75, 3.05) is 26.7 Å². The van der Waals surface area contributed by atoms with Gasteiger partial charge in [0.2, 0.25) is 17.5 Å². The highest BCUT2D eigenvalue weighted by atomic mass is 19.2. The first-order chi connectivity index (χ1) is 19.0. The maximum absolute atomic E-state index is 13.9. The Kier molecular flexibility index (Phi) is 10.3. The number of benzene rings is 2. The molecular weight excluding hydrogens is 543 g/mol. The Morgan fingerprint density at radius 3 is 2.35 bits per heavy atom. The van der Waals surface area contributed by atoms with Crippen molar-refractivity contribution in [3.05, 3.63) is 65.1 Å². The summed E-state index contributed by atoms with van der Waals surface area (Å²) in [5, 5.41) is 7.61. The van der Waals surface area contributed by atoms with Gasteiger partial charge in [0.25, 0.3) is 5.91 Å². The molecule has 0 aliphatic heterocycles. The number of nitrogens with one attached hydrogen (secondary N) is 4. The molecule has 4 N–H and O–H groups in total. The van der Waals surface area contributed by atoms with E-state index in [-0.39, 0.29) is 30.0 Å². The van der Waals surface area contributed by atoms with Gasteiger partial charge < -0.3 is 30.5 Å². The van der Waals surface area contributed by atoms with E-state index in [1.165, 1.54) is 18.2 Å². The first-order valence-corrected chi connectivity index (χ1v) is 12.0. The van der Waals surface area contributed by atoms with Crippen molar-refractivity contribution in [1.82, 2.24) is 20.9 Å². The summed E-state index contributed by atoms with van der Waals surface area (Å²) in [5.74, 6) is -12.5. The molecule has 0 aliphatic carbocycles. The maximum Gasteiger partial charge on any atom is 0.268 e. The van der Waals surface area contributed by atoms with Crippen molar-refractivity contribution in [1.29, 1.82) is 0 Å². The highest BCUT2D eigenvalue weighted by Crippen LogP contribution is 2.26. The van der Waals surface area contributed by atoms with Gasteiger partial charge in [0.15, 0.2) is 23.2 Å². The second kappa shape index (κ2) is 13.6. The predicted molar refractivity (Wildman–Crippen MR) is 132 cm³/mol. The average Bonchev–Trinajstić information content (AvgIpc) is 3.38. The van der Waals surface area contributed by atoms with Crippen LogP contribution in [0.5, 0.6) is 5.75 Å². The molecule has 14 heteroatoms. The maximum atomic E-state index is 13.9. The van der Waals surface area contributed by atoms with Crippen LogP contribution >= 0.6 is 0 Å². The largest absolute Gasteiger partial charge is 0.479 e. The number of carbonyl (C=O) groups is 4. The van der Waals surface area contributed by atoms with Gasteiger partial charge in [-0.05, 0) is 44.6 Å². The number of rotatable bonds is 14. The van der Waals surface area contributed by atoms with Crippen molar-refractivity contribution >= 4 is 34.8 Å². The molecule has 0 radical (unpaired) electrons. The van der Waals surface area contributed by atoms with Gasteiger partial charge in [0, 0.05) is 22.9 Å². The molecule has 9 nitrogen and oxygen atoms in total. The molecule has 2 amide bonds. The number of ether oxygens (including phenoxy) is 1. The summed E-state index contributed by atoms with van der Waals surface area (Å²) in [5.41, 5.74) is 0.321. The lowest BCUT2D eigenvalue weighted by molar-refractivity contribution is -0.129. The number of ketones is 1. The lowest BCUT2D eigenvalue weighted by Crippen LogP contribution is -2.48. The van der Waals surface area contributed by atoms with Crippen LogP contribution in [-0.2, 0) is 14.4 Å². The monoisotopic (exact) mass is 568 g/mol. The number of aromatic nitrogens is 1. The van der Waals surface area contributed by atoms with Crippen LogP contribution in [-0.4, -0.2) is 61.7 Å². The van der Waals surface area contributed by atoms with E-state index in [1.54, 1.807) is 13.1 Å². The van der Waals surface area contributed by atoms with Gasteiger partial charge in [0.1, 0.15) is 24.4 Å². The standard InChI is InChI=1S/C26H25F5N4O5/c1-32-6-5-13(11-36)7-19(21(37)12-40-25-23(30)16(28)9-17(29)24(25)31)35-22(38)10-33-26(39)20-8-14-15(27)3-2-4-18(14)34-20/h2-4,8-9,11,13,19,32,34H,5-7,10,12H2,1H3,(H,33,39)(H,35,38). The number of carbonyl (C=O) groups excluding carboxylic acids is 4. The van der Waals surface area contributed by atoms with E-state index in [0.29, 0.717) is 18.3 Å². The van der Waals surface area contributed by atoms with Gasteiger partial charge in [-0.25, -0.2) is 13.2 Å². The number of halogens is 5. The lowest BCUT2D eigenvalue weighted by atomic mass is 9.95. The molecule has 3 rings (SSSR count). The zero-order chi connectivity index (χ0) is 29.4. The summed E-state index contributed by atoms with van der Waals surface area (Å²) in [6.45, 7) is -1.36. The smallest absolute Gasteiger partial charge is 0.268 e. The Bertz CT molecular complexity index is 1390. The third kappa shape index (κ3) is 7.40. The van der Waals surface area contributed by atoms with E-state index < -0.39 is 77.5 Å². The molecule has 0 saturated heterocycles. The number of fused-ring (bicyclic) bond motifs is 1. The predicted octanol–water partition coefficient (Wildman–Crippen LogP) is 2.54. The quantitative estimate of drug-likeness (QED) is 0.134. The van der Waals surface area contributed by atoms with E-state index in [2.05, 4.69) is 20.9 Å². The minimum Gasteiger partial charge on any atom is -0.479 e. The number of amides is 2. The number of hydrogen-bond donors (Lipinski definition) is 4. The third-order valence-corrected chi connectivity index (χ3v) is 5.92. The Hall–Kier alpha value is -4.33. The Balaban J connectivity index is 1.68. The van der Waals surface area contributed by atoms with Crippen LogP contribution in [0.15, 0.2) is 30.3 Å². The number of Topliss-reactive ketones (excluding diaryl/α,β-unsaturated/α-hetero) is 1. The first-order valence-electron chi connectivity index (χ1n) is 12.0. The third-order valence-electron chi connectivity index (χ3n) is 5.92. The molecule has 2 aromatic carbocycles. The van der Waals surface area contributed by atoms with Crippen LogP contribution in [0.25, 0.3) is 10.9 Å². The van der Waals surface area contributed by atoms with Crippen LogP contribution < -0.4 is 20.7 Å². The molecule has 40 heavy (non-hydrogen) atoms. The van der Waals surface area contributed by atoms with Crippen LogP contribution in [0.2, 0.25) is 0 Å². The molecule has 214 valence electrons. The zero-order valence-corrected chi connectivity index (χ0v) is 21.1. The highest BCUT2D eigenvalue weighted by Gasteiger charge is 2.27. The molecule has 0 saturated carbocycles. The normalized spacial score (nSPS) is 12.6. The van der Waals surface area contributed by atoms with Crippen LogP contribution in [0, 0.1) is 35.0 Å². The van der Waals surface area contributed by atoms with Crippen molar-refractivity contribution in [3.8, 4) is 5.75 Å². The molecule has 1 aromatic heterocycles. The van der Waals surface area contributed by atoms with Crippen LogP contribution in [0.3, 0.4) is 0 Å². The van der Waals surface area contributed by atoms with Gasteiger partial charge in [0.05, 0.1) is 12.6 Å². The van der Waals surface area contributed by atoms with E-state index in [0.717, 1.165) is 0 Å². The Morgan fingerprint density at radius 1 is 1.02 bits per heavy atom. The van der Waals surface area contributed by atoms with Gasteiger partial charge in [-0.3, -0.25) is 14.4 Å². The summed E-state index contributed by atoms with van der Waals surface area (Å²) >= 11 is 0. The molecule has 0 fully saturated rings. The van der Waals surface area contributed by atoms with Crippen molar-refractivity contribution in [3.63, 3.8) is 0 Å². The van der Waals surface area contributed by atoms with E-state index in [4.69, 9.17) is 4.74 Å². The lowest BCUT2D eigenvalue weighted by Gasteiger charge is -2.21. The highest BCUT2D eigenvalue weighted by molar-refractivity contribution is 6.00. The Labute approximate surface area is 224 Å². The number of aldehydes is 1. The number of hydrogen-bond acceptors (Lipinski definition) is 6. The van der Waals surface area contributed by atoms with Crippen molar-refractivity contribution in [2.45, 2.75) is 18.9 Å². The van der Waals surface area contributed by atoms with E-state index in [1.807, 2.05) is 0 Å². The van der Waals surface area contributed by atoms with Crippen LogP contribution in [0.1, 0.15) is 23.3 Å². The summed E-state index contributed by atoms with van der Waals surface area (Å²) in [7, 11) is 1.63. The molecule has 1 heterocycles. The molecule has 0 spiro atoms. The molecule has 2 atom stereocenters. The Morgan fingerprint density at radius 2 is 1.73 bits per heavy atom. The minimum absolute atomic E-state index is 0.0283. The summed E-state index contributed by atoms with van der Waals surface area (Å²) < 4.78 is 73.3. The minimum atomic E-state index is -1.85. The topological polar surface area (TPSA) is 129 Å². The second-order valence-corrected chi connectivity index (χ2v) is 8.76. The van der Waals surface area contributed by atoms with E-state index in [9.17, 15) is 41.1 Å². The van der Waals surface area contributed by atoms with E-state index >= 15 is 0 Å². The fourth-order valence-corrected chi connectivity index (χ4v) is 3.81.